The third-order valence-corrected chi connectivity index (χ3v) is 13.1. The number of hydrogen-bond donors (Lipinski definition) is 0. The van der Waals surface area contributed by atoms with E-state index in [1.165, 1.54) is 15.9 Å². The van der Waals surface area contributed by atoms with E-state index in [-0.39, 0.29) is 29.2 Å². The number of benzene rings is 3. The molecule has 4 atom stereocenters. The van der Waals surface area contributed by atoms with Crippen LogP contribution in [0.4, 0.5) is 5.82 Å². The van der Waals surface area contributed by atoms with Gasteiger partial charge in [-0.2, -0.15) is 0 Å². The van der Waals surface area contributed by atoms with Gasteiger partial charge in [0.05, 0.1) is 12.1 Å². The largest absolute Gasteiger partial charge is 0.400 e. The molecule has 7 rings (SSSR count). The highest BCUT2D eigenvalue weighted by molar-refractivity contribution is 6.99. The molecular weight excluding hydrogens is 496 g/mol. The van der Waals surface area contributed by atoms with Crippen LogP contribution in [0.1, 0.15) is 38.9 Å². The number of hydroxylamine groups is 1. The Morgan fingerprint density at radius 2 is 1.38 bits per heavy atom. The molecule has 1 fully saturated rings. The maximum Gasteiger partial charge on any atom is 0.261 e. The molecule has 0 N–H and O–H groups in total. The molecule has 198 valence electrons. The molecule has 2 aliphatic heterocycles. The van der Waals surface area contributed by atoms with E-state index >= 15 is 0 Å². The summed E-state index contributed by atoms with van der Waals surface area (Å²) in [5.41, 5.74) is 1.21. The lowest BCUT2D eigenvalue weighted by Gasteiger charge is -2.51. The first-order valence-corrected chi connectivity index (χ1v) is 15.8. The van der Waals surface area contributed by atoms with Gasteiger partial charge in [-0.25, -0.2) is 10.0 Å². The molecule has 4 nitrogen and oxygen atoms in total. The van der Waals surface area contributed by atoms with Crippen molar-refractivity contribution in [2.45, 2.75) is 50.5 Å². The van der Waals surface area contributed by atoms with Crippen molar-refractivity contribution in [2.24, 2.45) is 5.92 Å². The highest BCUT2D eigenvalue weighted by Crippen LogP contribution is 2.47. The first-order valence-electron chi connectivity index (χ1n) is 13.9. The van der Waals surface area contributed by atoms with E-state index in [0.717, 1.165) is 12.2 Å². The fourth-order valence-electron chi connectivity index (χ4n) is 6.33. The van der Waals surface area contributed by atoms with Crippen molar-refractivity contribution < 1.29 is 9.26 Å². The van der Waals surface area contributed by atoms with Gasteiger partial charge in [0.15, 0.2) is 5.82 Å². The predicted molar refractivity (Wildman–Crippen MR) is 161 cm³/mol. The van der Waals surface area contributed by atoms with Gasteiger partial charge in [0.25, 0.3) is 8.32 Å². The second kappa shape index (κ2) is 10.6. The Balaban J connectivity index is 1.51. The Morgan fingerprint density at radius 3 is 1.92 bits per heavy atom. The van der Waals surface area contributed by atoms with Crippen LogP contribution in [0.5, 0.6) is 0 Å². The summed E-state index contributed by atoms with van der Waals surface area (Å²) >= 11 is 0. The van der Waals surface area contributed by atoms with E-state index in [9.17, 15) is 0 Å². The third kappa shape index (κ3) is 4.76. The molecule has 39 heavy (non-hydrogen) atoms. The molecule has 3 aliphatic rings. The Hall–Kier alpha value is -3.51. The second-order valence-corrected chi connectivity index (χ2v) is 15.8. The van der Waals surface area contributed by atoms with E-state index in [4.69, 9.17) is 9.26 Å². The van der Waals surface area contributed by atoms with Crippen LogP contribution in [0, 0.1) is 5.92 Å². The van der Waals surface area contributed by atoms with E-state index in [0.29, 0.717) is 0 Å². The minimum Gasteiger partial charge on any atom is -0.400 e. The van der Waals surface area contributed by atoms with Crippen molar-refractivity contribution in [2.75, 3.05) is 5.06 Å². The Kier molecular flexibility index (Phi) is 6.98. The summed E-state index contributed by atoms with van der Waals surface area (Å²) in [6.45, 7) is 7.03. The zero-order valence-electron chi connectivity index (χ0n) is 22.9. The summed E-state index contributed by atoms with van der Waals surface area (Å²) in [7, 11) is -2.81. The fourth-order valence-corrected chi connectivity index (χ4v) is 11.0. The Bertz CT molecular complexity index is 1350. The fraction of sp³-hybridized carbons (Fsp3) is 0.265. The summed E-state index contributed by atoms with van der Waals surface area (Å²) in [4.78, 5) is 11.0. The average molecular weight is 533 g/mol. The van der Waals surface area contributed by atoms with E-state index in [2.05, 4.69) is 129 Å². The molecule has 3 heterocycles. The summed E-state index contributed by atoms with van der Waals surface area (Å²) in [5, 5.41) is 4.46. The maximum atomic E-state index is 7.84. The zero-order chi connectivity index (χ0) is 26.9. The van der Waals surface area contributed by atoms with Gasteiger partial charge in [0, 0.05) is 12.1 Å². The van der Waals surface area contributed by atoms with Gasteiger partial charge in [0.1, 0.15) is 6.10 Å². The Labute approximate surface area is 233 Å². The molecule has 3 aromatic carbocycles. The molecule has 1 aromatic heterocycles. The highest BCUT2D eigenvalue weighted by Gasteiger charge is 2.54. The number of hydrogen-bond acceptors (Lipinski definition) is 4. The number of rotatable bonds is 7. The molecule has 0 unspecified atom stereocenters. The monoisotopic (exact) mass is 532 g/mol. The van der Waals surface area contributed by atoms with Gasteiger partial charge in [-0.15, -0.1) is 0 Å². The summed E-state index contributed by atoms with van der Waals surface area (Å²) in [6.07, 6.45) is 7.06. The van der Waals surface area contributed by atoms with Crippen molar-refractivity contribution in [3.05, 3.63) is 133 Å². The van der Waals surface area contributed by atoms with Gasteiger partial charge >= 0.3 is 0 Å². The molecule has 5 heteroatoms. The number of nitrogens with zero attached hydrogens (tertiary/aromatic N) is 2. The average Bonchev–Trinajstić information content (AvgIpc) is 2.99. The quantitative estimate of drug-likeness (QED) is 0.202. The SMILES string of the molecule is CC(C)(C)[Si](O[C@@H](c1ccccc1)[C@H]1C[C@H]2C=C[C@@H]1N(c1ccccn1)O2)(c1ccccc1)c1ccccc1. The molecule has 1 saturated heterocycles. The maximum absolute atomic E-state index is 7.84. The van der Waals surface area contributed by atoms with Gasteiger partial charge in [0.2, 0.25) is 0 Å². The molecule has 1 aliphatic carbocycles. The minimum absolute atomic E-state index is 0.00770. The number of fused-ring (bicyclic) bond motifs is 2. The van der Waals surface area contributed by atoms with Crippen molar-refractivity contribution in [1.29, 1.82) is 0 Å². The number of pyridine rings is 1. The first-order chi connectivity index (χ1) is 19.0. The van der Waals surface area contributed by atoms with Crippen LogP contribution in [-0.2, 0) is 9.26 Å². The number of anilines is 1. The lowest BCUT2D eigenvalue weighted by Crippen LogP contribution is -2.67. The van der Waals surface area contributed by atoms with Crippen molar-refractivity contribution in [1.82, 2.24) is 4.98 Å². The smallest absolute Gasteiger partial charge is 0.261 e. The summed E-state index contributed by atoms with van der Waals surface area (Å²) in [5.74, 6) is 1.01. The predicted octanol–water partition coefficient (Wildman–Crippen LogP) is 6.46. The van der Waals surface area contributed by atoms with Gasteiger partial charge in [-0.05, 0) is 39.5 Å². The molecule has 4 aromatic rings. The normalized spacial score (nSPS) is 21.6. The second-order valence-electron chi connectivity index (χ2n) is 11.5. The number of aromatic nitrogens is 1. The van der Waals surface area contributed by atoms with Gasteiger partial charge in [-0.3, -0.25) is 4.84 Å². The van der Waals surface area contributed by atoms with Crippen LogP contribution < -0.4 is 15.4 Å². The minimum atomic E-state index is -2.81. The molecule has 0 amide bonds. The van der Waals surface area contributed by atoms with Crippen molar-refractivity contribution in [3.8, 4) is 0 Å². The molecule has 0 spiro atoms. The lowest BCUT2D eigenvalue weighted by molar-refractivity contribution is -0.0550. The van der Waals surface area contributed by atoms with Crippen molar-refractivity contribution >= 4 is 24.5 Å². The van der Waals surface area contributed by atoms with Crippen LogP contribution in [-0.4, -0.2) is 25.4 Å². The molecule has 0 saturated carbocycles. The first kappa shape index (κ1) is 25.7. The zero-order valence-corrected chi connectivity index (χ0v) is 23.9. The van der Waals surface area contributed by atoms with Gasteiger partial charge < -0.3 is 4.43 Å². The van der Waals surface area contributed by atoms with Crippen LogP contribution in [0.2, 0.25) is 5.04 Å². The van der Waals surface area contributed by atoms with Gasteiger partial charge in [-0.1, -0.05) is 130 Å². The van der Waals surface area contributed by atoms with E-state index < -0.39 is 8.32 Å². The van der Waals surface area contributed by atoms with Crippen LogP contribution in [0.15, 0.2) is 128 Å². The van der Waals surface area contributed by atoms with Crippen molar-refractivity contribution in [3.63, 3.8) is 0 Å². The lowest BCUT2D eigenvalue weighted by atomic mass is 9.80. The van der Waals surface area contributed by atoms with E-state index in [1.54, 1.807) is 0 Å². The molecular formula is C34H36N2O2Si. The summed E-state index contributed by atoms with van der Waals surface area (Å²) < 4.78 is 7.84. The third-order valence-electron chi connectivity index (χ3n) is 8.10. The highest BCUT2D eigenvalue weighted by atomic mass is 28.4. The van der Waals surface area contributed by atoms with Crippen LogP contribution >= 0.6 is 0 Å². The summed E-state index contributed by atoms with van der Waals surface area (Å²) in [6, 6.07) is 38.6. The molecule has 2 bridgehead atoms. The van der Waals surface area contributed by atoms with Crippen LogP contribution in [0.3, 0.4) is 0 Å². The van der Waals surface area contributed by atoms with Crippen LogP contribution in [0.25, 0.3) is 0 Å². The van der Waals surface area contributed by atoms with E-state index in [1.807, 2.05) is 29.5 Å². The topological polar surface area (TPSA) is 34.6 Å². The standard InChI is InChI=1S/C34H36N2O2Si/c1-34(2,3)39(28-17-9-5-10-18-28,29-19-11-6-12-20-29)38-33(26-15-7-4-8-16-26)30-25-27-22-23-31(30)36(37-27)32-21-13-14-24-35-32/h4-24,27,30-31,33H,25H2,1-3H3/t27-,30+,31+,33+/m1/s1. The Morgan fingerprint density at radius 1 is 0.795 bits per heavy atom. The molecule has 0 radical (unpaired) electrons.